The molecule has 228 valence electrons. The average molecular weight is 632 g/mol. The molecule has 3 aromatic carbocycles. The van der Waals surface area contributed by atoms with Gasteiger partial charge in [-0.25, -0.2) is 4.79 Å². The highest BCUT2D eigenvalue weighted by molar-refractivity contribution is 9.10. The van der Waals surface area contributed by atoms with Crippen molar-refractivity contribution in [3.05, 3.63) is 95.5 Å². The zero-order valence-corrected chi connectivity index (χ0v) is 28.1. The molecule has 0 aliphatic carbocycles. The molecular weight excluding hydrogens is 579 g/mol. The van der Waals surface area contributed by atoms with Crippen LogP contribution >= 0.6 is 15.9 Å². The van der Waals surface area contributed by atoms with Crippen molar-refractivity contribution in [2.24, 2.45) is 0 Å². The molecule has 1 saturated heterocycles. The normalized spacial score (nSPS) is 11.5. The Morgan fingerprint density at radius 2 is 1.10 bits per heavy atom. The van der Waals surface area contributed by atoms with Gasteiger partial charge in [0, 0.05) is 36.3 Å². The summed E-state index contributed by atoms with van der Waals surface area (Å²) in [7, 11) is -1.34. The molecular formula is C33H52BBrN2O4. The van der Waals surface area contributed by atoms with Crippen molar-refractivity contribution in [2.75, 3.05) is 31.1 Å². The van der Waals surface area contributed by atoms with E-state index in [0.717, 1.165) is 17.6 Å². The molecule has 1 aliphatic heterocycles. The molecule has 0 radical (unpaired) electrons. The molecule has 2 N–H and O–H groups in total. The Morgan fingerprint density at radius 3 is 1.41 bits per heavy atom. The molecule has 3 aromatic rings. The third-order valence-corrected chi connectivity index (χ3v) is 5.41. The van der Waals surface area contributed by atoms with E-state index in [4.69, 9.17) is 14.8 Å². The third-order valence-electron chi connectivity index (χ3n) is 4.88. The number of benzene rings is 3. The zero-order valence-electron chi connectivity index (χ0n) is 26.5. The van der Waals surface area contributed by atoms with E-state index >= 15 is 0 Å². The van der Waals surface area contributed by atoms with E-state index in [2.05, 4.69) is 33.0 Å². The monoisotopic (exact) mass is 630 g/mol. The molecule has 1 aliphatic rings. The van der Waals surface area contributed by atoms with Crippen LogP contribution in [0.4, 0.5) is 10.5 Å². The lowest BCUT2D eigenvalue weighted by Gasteiger charge is -2.36. The molecule has 0 unspecified atom stereocenters. The molecule has 0 saturated carbocycles. The van der Waals surface area contributed by atoms with Gasteiger partial charge in [0.05, 0.1) is 0 Å². The summed E-state index contributed by atoms with van der Waals surface area (Å²) in [5.74, 6) is 0. The molecule has 0 spiro atoms. The van der Waals surface area contributed by atoms with Gasteiger partial charge in [-0.2, -0.15) is 0 Å². The first kappa shape index (κ1) is 40.3. The fourth-order valence-electron chi connectivity index (χ4n) is 3.15. The topological polar surface area (TPSA) is 73.2 Å². The first-order valence-electron chi connectivity index (χ1n) is 14.6. The van der Waals surface area contributed by atoms with E-state index in [1.54, 1.807) is 29.2 Å². The van der Waals surface area contributed by atoms with E-state index in [9.17, 15) is 4.79 Å². The second-order valence-electron chi connectivity index (χ2n) is 8.87. The fraction of sp³-hybridized carbons (Fsp3) is 0.424. The molecule has 0 atom stereocenters. The van der Waals surface area contributed by atoms with Gasteiger partial charge in [0.2, 0.25) is 0 Å². The number of hydrogen-bond donors (Lipinski definition) is 2. The summed E-state index contributed by atoms with van der Waals surface area (Å²) < 4.78 is 6.52. The minimum Gasteiger partial charge on any atom is -0.444 e. The van der Waals surface area contributed by atoms with Crippen molar-refractivity contribution >= 4 is 40.3 Å². The number of piperazine rings is 1. The second kappa shape index (κ2) is 24.9. The summed E-state index contributed by atoms with van der Waals surface area (Å²) in [6.45, 7) is 20.8. The van der Waals surface area contributed by atoms with E-state index in [1.165, 1.54) is 5.69 Å². The molecule has 1 heterocycles. The summed E-state index contributed by atoms with van der Waals surface area (Å²) in [6.07, 6.45) is -0.208. The number of nitrogens with zero attached hydrogens (tertiary/aromatic N) is 2. The zero-order chi connectivity index (χ0) is 31.7. The van der Waals surface area contributed by atoms with Crippen LogP contribution in [0.2, 0.25) is 0 Å². The molecule has 0 aromatic heterocycles. The minimum atomic E-state index is -1.34. The van der Waals surface area contributed by atoms with Crippen molar-refractivity contribution in [3.63, 3.8) is 0 Å². The van der Waals surface area contributed by atoms with Crippen molar-refractivity contribution < 1.29 is 19.6 Å². The molecule has 8 heteroatoms. The first-order chi connectivity index (χ1) is 19.7. The van der Waals surface area contributed by atoms with Crippen LogP contribution in [0.15, 0.2) is 95.5 Å². The van der Waals surface area contributed by atoms with E-state index in [1.807, 2.05) is 117 Å². The highest BCUT2D eigenvalue weighted by Gasteiger charge is 2.25. The Hall–Kier alpha value is -2.81. The number of carbonyl (C=O) groups is 1. The van der Waals surface area contributed by atoms with Gasteiger partial charge in [0.25, 0.3) is 0 Å². The predicted octanol–water partition coefficient (Wildman–Crippen LogP) is 7.64. The Balaban J connectivity index is 0. The van der Waals surface area contributed by atoms with Crippen LogP contribution < -0.4 is 10.4 Å². The summed E-state index contributed by atoms with van der Waals surface area (Å²) in [5, 5.41) is 17.2. The van der Waals surface area contributed by atoms with Crippen LogP contribution in [0, 0.1) is 0 Å². The third kappa shape index (κ3) is 19.8. The predicted molar refractivity (Wildman–Crippen MR) is 181 cm³/mol. The maximum absolute atomic E-state index is 11.9. The van der Waals surface area contributed by atoms with Gasteiger partial charge in [-0.05, 0) is 50.5 Å². The van der Waals surface area contributed by atoms with Gasteiger partial charge in [-0.1, -0.05) is 124 Å². The molecule has 0 bridgehead atoms. The molecule has 41 heavy (non-hydrogen) atoms. The van der Waals surface area contributed by atoms with Crippen molar-refractivity contribution in [2.45, 2.75) is 67.9 Å². The quantitative estimate of drug-likeness (QED) is 0.285. The molecule has 1 fully saturated rings. The van der Waals surface area contributed by atoms with Gasteiger partial charge in [-0.15, -0.1) is 0 Å². The van der Waals surface area contributed by atoms with Crippen LogP contribution in [-0.2, 0) is 4.74 Å². The summed E-state index contributed by atoms with van der Waals surface area (Å²) in [4.78, 5) is 16.0. The number of ether oxygens (including phenoxy) is 1. The summed E-state index contributed by atoms with van der Waals surface area (Å²) in [5.41, 5.74) is 1.32. The summed E-state index contributed by atoms with van der Waals surface area (Å²) in [6, 6.07) is 28.9. The highest BCUT2D eigenvalue weighted by Crippen LogP contribution is 2.17. The maximum Gasteiger partial charge on any atom is 0.488 e. The Kier molecular flexibility index (Phi) is 24.5. The van der Waals surface area contributed by atoms with Crippen molar-refractivity contribution in [3.8, 4) is 0 Å². The SMILES string of the molecule is Brc1ccccc1.CC.CC.CC.CC(C)(C)OC(=O)N1CCN(c2ccccc2)CC1.OB(O)c1ccccc1. The number of hydrogen-bond acceptors (Lipinski definition) is 5. The van der Waals surface area contributed by atoms with Crippen LogP contribution in [0.5, 0.6) is 0 Å². The molecule has 4 rings (SSSR count). The van der Waals surface area contributed by atoms with Crippen LogP contribution in [0.1, 0.15) is 62.3 Å². The van der Waals surface area contributed by atoms with Crippen LogP contribution in [0.3, 0.4) is 0 Å². The van der Waals surface area contributed by atoms with E-state index < -0.39 is 12.7 Å². The van der Waals surface area contributed by atoms with Crippen molar-refractivity contribution in [1.82, 2.24) is 4.90 Å². The number of rotatable bonds is 2. The van der Waals surface area contributed by atoms with Gasteiger partial charge in [-0.3, -0.25) is 0 Å². The number of anilines is 1. The largest absolute Gasteiger partial charge is 0.488 e. The molecule has 6 nitrogen and oxygen atoms in total. The Bertz CT molecular complexity index is 980. The van der Waals surface area contributed by atoms with Crippen LogP contribution in [0.25, 0.3) is 0 Å². The standard InChI is InChI=1S/C15H22N2O2.C6H7BO2.C6H5Br.3C2H6/c1-15(2,3)19-14(18)17-11-9-16(10-12-17)13-7-5-4-6-8-13;8-7(9)6-4-2-1-3-5-6;7-6-4-2-1-3-5-6;3*1-2/h4-8H,9-12H2,1-3H3;1-5,8-9H;1-5H;3*1-2H3. The van der Waals surface area contributed by atoms with Gasteiger partial charge < -0.3 is 24.6 Å². The van der Waals surface area contributed by atoms with E-state index in [0.29, 0.717) is 18.6 Å². The number of halogens is 1. The smallest absolute Gasteiger partial charge is 0.444 e. The second-order valence-corrected chi connectivity index (χ2v) is 9.79. The molecule has 1 amide bonds. The lowest BCUT2D eigenvalue weighted by molar-refractivity contribution is 0.0240. The lowest BCUT2D eigenvalue weighted by atomic mass is 9.81. The Labute approximate surface area is 258 Å². The number of amides is 1. The average Bonchev–Trinajstić information content (AvgIpc) is 3.01. The lowest BCUT2D eigenvalue weighted by Crippen LogP contribution is -2.50. The maximum atomic E-state index is 11.9. The fourth-order valence-corrected chi connectivity index (χ4v) is 3.46. The number of para-hydroxylation sites is 1. The number of carbonyl (C=O) groups excluding carboxylic acids is 1. The first-order valence-corrected chi connectivity index (χ1v) is 15.3. The minimum absolute atomic E-state index is 0.208. The highest BCUT2D eigenvalue weighted by atomic mass is 79.9. The van der Waals surface area contributed by atoms with E-state index in [-0.39, 0.29) is 6.09 Å². The van der Waals surface area contributed by atoms with Gasteiger partial charge >= 0.3 is 13.2 Å². The van der Waals surface area contributed by atoms with Gasteiger partial charge in [0.15, 0.2) is 0 Å². The van der Waals surface area contributed by atoms with Crippen LogP contribution in [-0.4, -0.2) is 59.9 Å². The van der Waals surface area contributed by atoms with Gasteiger partial charge in [0.1, 0.15) is 5.60 Å². The Morgan fingerprint density at radius 1 is 0.707 bits per heavy atom. The summed E-state index contributed by atoms with van der Waals surface area (Å²) >= 11 is 3.31. The van der Waals surface area contributed by atoms with Crippen molar-refractivity contribution in [1.29, 1.82) is 0 Å².